The fraction of sp³-hybridized carbons (Fsp3) is 0.818. The Morgan fingerprint density at radius 1 is 1.44 bits per heavy atom. The molecule has 0 saturated carbocycles. The van der Waals surface area contributed by atoms with E-state index in [4.69, 9.17) is 10.8 Å². The number of piperidine rings is 1. The average molecular weight is 271 g/mol. The Bertz CT molecular complexity index is 364. The normalized spacial score (nSPS) is 18.1. The summed E-state index contributed by atoms with van der Waals surface area (Å²) in [7, 11) is 2.04. The standard InChI is InChI=1S/C11H21N5OS/c1-15(11-14-13-10(12)18-11)8-9-2-4-16(5-3-9)6-7-17/h9,17H,2-8H2,1H3,(H2,12,13). The van der Waals surface area contributed by atoms with Crippen molar-refractivity contribution in [1.29, 1.82) is 0 Å². The summed E-state index contributed by atoms with van der Waals surface area (Å²) in [6.07, 6.45) is 2.36. The number of hydrogen-bond donors (Lipinski definition) is 2. The molecule has 1 aromatic heterocycles. The highest BCUT2D eigenvalue weighted by molar-refractivity contribution is 7.18. The van der Waals surface area contributed by atoms with E-state index >= 15 is 0 Å². The van der Waals surface area contributed by atoms with Crippen molar-refractivity contribution < 1.29 is 5.11 Å². The van der Waals surface area contributed by atoms with E-state index in [0.717, 1.165) is 31.3 Å². The quantitative estimate of drug-likeness (QED) is 0.800. The van der Waals surface area contributed by atoms with Crippen LogP contribution in [-0.4, -0.2) is 60.0 Å². The SMILES string of the molecule is CN(CC1CCN(CCO)CC1)c1nnc(N)s1. The van der Waals surface area contributed by atoms with Crippen molar-refractivity contribution >= 4 is 21.6 Å². The van der Waals surface area contributed by atoms with Crippen LogP contribution in [0.25, 0.3) is 0 Å². The Kier molecular flexibility index (Phi) is 4.73. The number of hydrogen-bond acceptors (Lipinski definition) is 7. The third-order valence-corrected chi connectivity index (χ3v) is 4.28. The maximum Gasteiger partial charge on any atom is 0.209 e. The van der Waals surface area contributed by atoms with Gasteiger partial charge >= 0.3 is 0 Å². The van der Waals surface area contributed by atoms with E-state index in [2.05, 4.69) is 20.0 Å². The summed E-state index contributed by atoms with van der Waals surface area (Å²) in [5.41, 5.74) is 5.59. The van der Waals surface area contributed by atoms with Gasteiger partial charge in [-0.1, -0.05) is 11.3 Å². The topological polar surface area (TPSA) is 78.5 Å². The number of aliphatic hydroxyl groups excluding tert-OH is 1. The van der Waals surface area contributed by atoms with Crippen molar-refractivity contribution in [2.24, 2.45) is 5.92 Å². The maximum atomic E-state index is 8.91. The van der Waals surface area contributed by atoms with Crippen molar-refractivity contribution in [2.75, 3.05) is 50.5 Å². The molecule has 1 aromatic rings. The van der Waals surface area contributed by atoms with Crippen LogP contribution in [0.4, 0.5) is 10.3 Å². The lowest BCUT2D eigenvalue weighted by atomic mass is 9.96. The van der Waals surface area contributed by atoms with E-state index in [1.807, 2.05) is 7.05 Å². The number of likely N-dealkylation sites (tertiary alicyclic amines) is 1. The lowest BCUT2D eigenvalue weighted by Crippen LogP contribution is -2.39. The summed E-state index contributed by atoms with van der Waals surface area (Å²) < 4.78 is 0. The highest BCUT2D eigenvalue weighted by atomic mass is 32.1. The van der Waals surface area contributed by atoms with Gasteiger partial charge in [0.05, 0.1) is 6.61 Å². The van der Waals surface area contributed by atoms with Gasteiger partial charge in [-0.05, 0) is 31.8 Å². The minimum Gasteiger partial charge on any atom is -0.395 e. The number of anilines is 2. The van der Waals surface area contributed by atoms with Crippen molar-refractivity contribution in [3.8, 4) is 0 Å². The zero-order valence-electron chi connectivity index (χ0n) is 10.7. The molecule has 0 aliphatic carbocycles. The van der Waals surface area contributed by atoms with Crippen molar-refractivity contribution in [2.45, 2.75) is 12.8 Å². The van der Waals surface area contributed by atoms with Crippen molar-refractivity contribution in [3.63, 3.8) is 0 Å². The molecule has 0 atom stereocenters. The molecule has 1 saturated heterocycles. The molecular weight excluding hydrogens is 250 g/mol. The predicted octanol–water partition coefficient (Wildman–Crippen LogP) is 0.261. The summed E-state index contributed by atoms with van der Waals surface area (Å²) in [4.78, 5) is 4.46. The van der Waals surface area contributed by atoms with E-state index in [1.165, 1.54) is 24.2 Å². The molecule has 0 spiro atoms. The molecule has 0 aromatic carbocycles. The van der Waals surface area contributed by atoms with E-state index in [-0.39, 0.29) is 6.61 Å². The monoisotopic (exact) mass is 271 g/mol. The first-order valence-electron chi connectivity index (χ1n) is 6.32. The first-order chi connectivity index (χ1) is 8.69. The zero-order valence-corrected chi connectivity index (χ0v) is 11.6. The Balaban J connectivity index is 1.77. The average Bonchev–Trinajstić information content (AvgIpc) is 2.79. The molecule has 2 heterocycles. The molecule has 0 amide bonds. The second kappa shape index (κ2) is 6.31. The van der Waals surface area contributed by atoms with Gasteiger partial charge in [0.15, 0.2) is 0 Å². The number of nitrogen functional groups attached to an aromatic ring is 1. The minimum absolute atomic E-state index is 0.259. The molecule has 0 radical (unpaired) electrons. The van der Waals surface area contributed by atoms with Crippen LogP contribution in [0.15, 0.2) is 0 Å². The first kappa shape index (κ1) is 13.5. The predicted molar refractivity (Wildman–Crippen MR) is 73.8 cm³/mol. The van der Waals surface area contributed by atoms with Crippen molar-refractivity contribution in [3.05, 3.63) is 0 Å². The van der Waals surface area contributed by atoms with E-state index in [0.29, 0.717) is 11.0 Å². The van der Waals surface area contributed by atoms with Gasteiger partial charge < -0.3 is 20.6 Å². The second-order valence-corrected chi connectivity index (χ2v) is 5.80. The van der Waals surface area contributed by atoms with Gasteiger partial charge in [-0.25, -0.2) is 0 Å². The first-order valence-corrected chi connectivity index (χ1v) is 7.14. The highest BCUT2D eigenvalue weighted by Gasteiger charge is 2.21. The van der Waals surface area contributed by atoms with Gasteiger partial charge in [-0.15, -0.1) is 10.2 Å². The van der Waals surface area contributed by atoms with Gasteiger partial charge in [0.25, 0.3) is 0 Å². The molecule has 0 bridgehead atoms. The molecule has 18 heavy (non-hydrogen) atoms. The Morgan fingerprint density at radius 3 is 2.72 bits per heavy atom. The van der Waals surface area contributed by atoms with Gasteiger partial charge in [-0.3, -0.25) is 0 Å². The van der Waals surface area contributed by atoms with Crippen LogP contribution in [0.3, 0.4) is 0 Å². The molecule has 3 N–H and O–H groups in total. The van der Waals surface area contributed by atoms with Crippen molar-refractivity contribution in [1.82, 2.24) is 15.1 Å². The van der Waals surface area contributed by atoms with E-state index < -0.39 is 0 Å². The van der Waals surface area contributed by atoms with Crippen LogP contribution in [-0.2, 0) is 0 Å². The smallest absolute Gasteiger partial charge is 0.209 e. The van der Waals surface area contributed by atoms with Gasteiger partial charge in [0, 0.05) is 20.1 Å². The summed E-state index contributed by atoms with van der Waals surface area (Å²) in [5.74, 6) is 0.690. The van der Waals surface area contributed by atoms with Crippen LogP contribution >= 0.6 is 11.3 Å². The highest BCUT2D eigenvalue weighted by Crippen LogP contribution is 2.24. The fourth-order valence-electron chi connectivity index (χ4n) is 2.38. The summed E-state index contributed by atoms with van der Waals surface area (Å²) in [6, 6.07) is 0. The van der Waals surface area contributed by atoms with Gasteiger partial charge in [0.2, 0.25) is 10.3 Å². The largest absolute Gasteiger partial charge is 0.395 e. The summed E-state index contributed by atoms with van der Waals surface area (Å²) in [5, 5.41) is 18.2. The minimum atomic E-state index is 0.259. The number of rotatable bonds is 5. The molecule has 1 aliphatic heterocycles. The molecule has 1 aliphatic rings. The Labute approximate surface area is 111 Å². The van der Waals surface area contributed by atoms with E-state index in [1.54, 1.807) is 0 Å². The number of nitrogens with two attached hydrogens (primary N) is 1. The molecule has 0 unspecified atom stereocenters. The molecule has 1 fully saturated rings. The molecule has 102 valence electrons. The number of β-amino-alcohol motifs (C(OH)–C–C–N with tert-alkyl or cyclic N) is 1. The van der Waals surface area contributed by atoms with Crippen LogP contribution in [0.1, 0.15) is 12.8 Å². The van der Waals surface area contributed by atoms with Crippen LogP contribution in [0.2, 0.25) is 0 Å². The number of aromatic nitrogens is 2. The lowest BCUT2D eigenvalue weighted by Gasteiger charge is -2.33. The number of aliphatic hydroxyl groups is 1. The second-order valence-electron chi connectivity index (χ2n) is 4.81. The van der Waals surface area contributed by atoms with Gasteiger partial charge in [0.1, 0.15) is 0 Å². The molecule has 2 rings (SSSR count). The van der Waals surface area contributed by atoms with Crippen LogP contribution in [0, 0.1) is 5.92 Å². The van der Waals surface area contributed by atoms with Crippen LogP contribution < -0.4 is 10.6 Å². The molecule has 7 heteroatoms. The third-order valence-electron chi connectivity index (χ3n) is 3.41. The summed E-state index contributed by atoms with van der Waals surface area (Å²) >= 11 is 1.43. The Morgan fingerprint density at radius 2 is 2.17 bits per heavy atom. The van der Waals surface area contributed by atoms with Gasteiger partial charge in [-0.2, -0.15) is 0 Å². The van der Waals surface area contributed by atoms with E-state index in [9.17, 15) is 0 Å². The zero-order chi connectivity index (χ0) is 13.0. The maximum absolute atomic E-state index is 8.91. The van der Waals surface area contributed by atoms with Crippen LogP contribution in [0.5, 0.6) is 0 Å². The number of nitrogens with zero attached hydrogens (tertiary/aromatic N) is 4. The molecule has 6 nitrogen and oxygen atoms in total. The Hall–Kier alpha value is -0.920. The fourth-order valence-corrected chi connectivity index (χ4v) is 2.96. The summed E-state index contributed by atoms with van der Waals surface area (Å²) in [6.45, 7) is 4.22. The third kappa shape index (κ3) is 3.54. The lowest BCUT2D eigenvalue weighted by molar-refractivity contribution is 0.149. The molecular formula is C11H21N5OS.